The van der Waals surface area contributed by atoms with Gasteiger partial charge in [-0.15, -0.1) is 0 Å². The van der Waals surface area contributed by atoms with Crippen molar-refractivity contribution < 1.29 is 19.1 Å². The van der Waals surface area contributed by atoms with Gasteiger partial charge in [-0.2, -0.15) is 20.7 Å². The van der Waals surface area contributed by atoms with Crippen molar-refractivity contribution in [1.29, 1.82) is 10.5 Å². The third-order valence-corrected chi connectivity index (χ3v) is 10.3. The molecular formula is C42H54N14O6. The normalized spacial score (nSPS) is 14.7. The number of nitrogens with zero attached hydrogens (tertiary/aromatic N) is 10. The number of piperazine rings is 2. The maximum absolute atomic E-state index is 12.5. The largest absolute Gasteiger partial charge is 0.379 e. The summed E-state index contributed by atoms with van der Waals surface area (Å²) in [4.78, 5) is 64.6. The van der Waals surface area contributed by atoms with Crippen molar-refractivity contribution in [3.8, 4) is 12.1 Å². The number of anilines is 4. The highest BCUT2D eigenvalue weighted by atomic mass is 16.5. The Morgan fingerprint density at radius 3 is 1.39 bits per heavy atom. The Bertz CT molecular complexity index is 2110. The molecule has 2 saturated heterocycles. The number of nitrogens with one attached hydrogen (secondary N) is 4. The highest BCUT2D eigenvalue weighted by molar-refractivity contribution is 5.77. The number of pyridine rings is 2. The van der Waals surface area contributed by atoms with Gasteiger partial charge in [0.25, 0.3) is 11.1 Å². The Labute approximate surface area is 359 Å². The molecule has 4 aromatic heterocycles. The van der Waals surface area contributed by atoms with E-state index in [1.807, 2.05) is 35.8 Å². The molecule has 2 amide bonds. The lowest BCUT2D eigenvalue weighted by molar-refractivity contribution is -0.133. The Morgan fingerprint density at radius 2 is 1.05 bits per heavy atom. The molecule has 20 heteroatoms. The summed E-state index contributed by atoms with van der Waals surface area (Å²) in [6.07, 6.45) is 6.93. The van der Waals surface area contributed by atoms with Crippen molar-refractivity contribution >= 4 is 34.8 Å². The van der Waals surface area contributed by atoms with Gasteiger partial charge in [-0.05, 0) is 52.0 Å². The summed E-state index contributed by atoms with van der Waals surface area (Å²) in [5, 5.41) is 36.5. The fourth-order valence-corrected chi connectivity index (χ4v) is 6.63. The first-order valence-corrected chi connectivity index (χ1v) is 20.5. The molecule has 2 atom stereocenters. The number of ether oxygens (including phenoxy) is 2. The van der Waals surface area contributed by atoms with Crippen LogP contribution in [0.5, 0.6) is 0 Å². The second-order valence-corrected chi connectivity index (χ2v) is 15.0. The van der Waals surface area contributed by atoms with E-state index >= 15 is 0 Å². The average molecular weight is 851 g/mol. The smallest absolute Gasteiger partial charge is 0.269 e. The monoisotopic (exact) mass is 850 g/mol. The summed E-state index contributed by atoms with van der Waals surface area (Å²) >= 11 is 0. The van der Waals surface area contributed by atoms with Crippen molar-refractivity contribution in [2.24, 2.45) is 0 Å². The van der Waals surface area contributed by atoms with Gasteiger partial charge in [0.1, 0.15) is 23.8 Å². The molecule has 0 spiro atoms. The van der Waals surface area contributed by atoms with E-state index in [9.17, 15) is 19.2 Å². The SMILES string of the molecule is Cc1c(N[C@@H](C)COCCC(=O)N2CCN(c3ccc(C#N)cn3)CC2)cn[nH]c1=O.Cc1c(N[C@H](C)COCCC(=O)N2CCN(c3ccc(C#N)cn3)CC2)cn[nH]c1=O. The van der Waals surface area contributed by atoms with Crippen LogP contribution in [0.2, 0.25) is 0 Å². The zero-order valence-electron chi connectivity index (χ0n) is 35.6. The first kappa shape index (κ1) is 46.2. The zero-order chi connectivity index (χ0) is 44.4. The number of H-pyrrole nitrogens is 2. The molecule has 328 valence electrons. The molecule has 20 nitrogen and oxygen atoms in total. The van der Waals surface area contributed by atoms with Gasteiger partial charge in [0, 0.05) is 88.0 Å². The molecule has 62 heavy (non-hydrogen) atoms. The van der Waals surface area contributed by atoms with Crippen molar-refractivity contribution in [2.45, 2.75) is 52.6 Å². The quantitative estimate of drug-likeness (QED) is 0.117. The molecule has 0 unspecified atom stereocenters. The van der Waals surface area contributed by atoms with Crippen LogP contribution in [0, 0.1) is 36.5 Å². The highest BCUT2D eigenvalue weighted by Gasteiger charge is 2.23. The van der Waals surface area contributed by atoms with Gasteiger partial charge < -0.3 is 39.7 Å². The second-order valence-electron chi connectivity index (χ2n) is 15.0. The molecule has 2 aliphatic heterocycles. The topological polar surface area (TPSA) is 254 Å². The molecule has 0 saturated carbocycles. The minimum atomic E-state index is -0.223. The fraction of sp³-hybridized carbons (Fsp3) is 0.476. The maximum atomic E-state index is 12.5. The Morgan fingerprint density at radius 1 is 0.661 bits per heavy atom. The van der Waals surface area contributed by atoms with Crippen LogP contribution in [-0.2, 0) is 19.1 Å². The third kappa shape index (κ3) is 13.6. The third-order valence-electron chi connectivity index (χ3n) is 10.3. The molecule has 2 fully saturated rings. The lowest BCUT2D eigenvalue weighted by atomic mass is 10.2. The number of hydrogen-bond acceptors (Lipinski definition) is 16. The zero-order valence-corrected chi connectivity index (χ0v) is 35.6. The fourth-order valence-electron chi connectivity index (χ4n) is 6.63. The van der Waals surface area contributed by atoms with Gasteiger partial charge in [-0.3, -0.25) is 19.2 Å². The van der Waals surface area contributed by atoms with E-state index in [-0.39, 0.29) is 35.0 Å². The predicted molar refractivity (Wildman–Crippen MR) is 232 cm³/mol. The molecule has 0 bridgehead atoms. The summed E-state index contributed by atoms with van der Waals surface area (Å²) in [6.45, 7) is 14.2. The Hall–Kier alpha value is -6.90. The van der Waals surface area contributed by atoms with Crippen molar-refractivity contribution in [2.75, 3.05) is 99.2 Å². The number of hydrogen-bond donors (Lipinski definition) is 4. The van der Waals surface area contributed by atoms with Crippen LogP contribution in [0.3, 0.4) is 0 Å². The number of amides is 2. The molecule has 4 aromatic rings. The van der Waals surface area contributed by atoms with Crippen molar-refractivity contribution in [1.82, 2.24) is 40.2 Å². The van der Waals surface area contributed by atoms with Crippen LogP contribution in [0.25, 0.3) is 0 Å². The van der Waals surface area contributed by atoms with Crippen LogP contribution < -0.4 is 31.6 Å². The second kappa shape index (κ2) is 23.2. The van der Waals surface area contributed by atoms with Crippen LogP contribution >= 0.6 is 0 Å². The van der Waals surface area contributed by atoms with Crippen LogP contribution in [0.4, 0.5) is 23.0 Å². The van der Waals surface area contributed by atoms with Gasteiger partial charge in [-0.25, -0.2) is 20.2 Å². The van der Waals surface area contributed by atoms with E-state index in [1.54, 1.807) is 50.8 Å². The van der Waals surface area contributed by atoms with E-state index in [0.29, 0.717) is 125 Å². The number of carbonyl (C=O) groups excluding carboxylic acids is 2. The van der Waals surface area contributed by atoms with E-state index in [0.717, 1.165) is 11.6 Å². The number of nitriles is 2. The standard InChI is InChI=1S/2C21H27N7O3/c2*1-15(25-18-13-24-26-21(30)16(18)2)14-31-10-5-20(29)28-8-6-27(7-9-28)19-4-3-17(11-22)12-23-19/h2*3-4,12-13,15H,5-10,14H2,1-2H3,(H2,25,26,30)/t2*15-/m10/s1. The van der Waals surface area contributed by atoms with Gasteiger partial charge >= 0.3 is 0 Å². The highest BCUT2D eigenvalue weighted by Crippen LogP contribution is 2.16. The van der Waals surface area contributed by atoms with E-state index in [1.165, 1.54) is 0 Å². The van der Waals surface area contributed by atoms with Gasteiger partial charge in [0.2, 0.25) is 11.8 Å². The van der Waals surface area contributed by atoms with E-state index < -0.39 is 0 Å². The van der Waals surface area contributed by atoms with Crippen molar-refractivity contribution in [3.63, 3.8) is 0 Å². The summed E-state index contributed by atoms with van der Waals surface area (Å²) in [6, 6.07) is 11.2. The lowest BCUT2D eigenvalue weighted by Gasteiger charge is -2.35. The summed E-state index contributed by atoms with van der Waals surface area (Å²) in [5.41, 5.74) is 3.12. The molecule has 0 radical (unpaired) electrons. The summed E-state index contributed by atoms with van der Waals surface area (Å²) < 4.78 is 11.3. The molecule has 6 heterocycles. The molecule has 0 aliphatic carbocycles. The van der Waals surface area contributed by atoms with E-state index in [2.05, 4.69) is 62.9 Å². The number of aromatic nitrogens is 6. The first-order valence-electron chi connectivity index (χ1n) is 20.5. The first-order chi connectivity index (χ1) is 29.9. The molecular weight excluding hydrogens is 797 g/mol. The van der Waals surface area contributed by atoms with Crippen molar-refractivity contribution in [3.05, 3.63) is 92.0 Å². The summed E-state index contributed by atoms with van der Waals surface area (Å²) in [7, 11) is 0. The Balaban J connectivity index is 0.000000234. The van der Waals surface area contributed by atoms with Gasteiger partial charge in [-0.1, -0.05) is 0 Å². The molecule has 6 rings (SSSR count). The molecule has 2 aliphatic rings. The number of rotatable bonds is 16. The molecule has 0 aromatic carbocycles. The average Bonchev–Trinajstić information content (AvgIpc) is 3.30. The van der Waals surface area contributed by atoms with Crippen LogP contribution in [0.1, 0.15) is 48.9 Å². The minimum Gasteiger partial charge on any atom is -0.379 e. The molecule has 4 N–H and O–H groups in total. The number of carbonyl (C=O) groups is 2. The van der Waals surface area contributed by atoms with Gasteiger partial charge in [0.15, 0.2) is 0 Å². The number of aromatic amines is 2. The lowest BCUT2D eigenvalue weighted by Crippen LogP contribution is -2.49. The van der Waals surface area contributed by atoms with Gasteiger partial charge in [0.05, 0.1) is 74.2 Å². The van der Waals surface area contributed by atoms with Crippen LogP contribution in [0.15, 0.2) is 58.6 Å². The Kier molecular flexibility index (Phi) is 17.3. The van der Waals surface area contributed by atoms with Crippen LogP contribution in [-0.4, -0.2) is 143 Å². The maximum Gasteiger partial charge on any atom is 0.269 e. The minimum absolute atomic E-state index is 0.0270. The predicted octanol–water partition coefficient (Wildman–Crippen LogP) is 1.80. The summed E-state index contributed by atoms with van der Waals surface area (Å²) in [5.74, 6) is 1.79. The van der Waals surface area contributed by atoms with E-state index in [4.69, 9.17) is 20.0 Å².